The summed E-state index contributed by atoms with van der Waals surface area (Å²) in [6.45, 7) is -0.664. The SMILES string of the molecule is Cn1c(O[C@H]2CC[C@H](OC[C@H](CF)NC(N)=O)CC2)nc2c(F)cc(OC3CC3)cc21. The first-order chi connectivity index (χ1) is 14.9. The normalized spacial score (nSPS) is 22.3. The van der Waals surface area contributed by atoms with E-state index in [0.29, 0.717) is 17.3 Å². The van der Waals surface area contributed by atoms with Gasteiger partial charge in [-0.2, -0.15) is 4.98 Å². The van der Waals surface area contributed by atoms with E-state index in [4.69, 9.17) is 19.9 Å². The number of halogens is 2. The van der Waals surface area contributed by atoms with Gasteiger partial charge in [-0.1, -0.05) is 0 Å². The molecule has 1 heterocycles. The number of nitrogens with zero attached hydrogens (tertiary/aromatic N) is 2. The number of amides is 2. The highest BCUT2D eigenvalue weighted by atomic mass is 19.1. The van der Waals surface area contributed by atoms with E-state index in [0.717, 1.165) is 38.5 Å². The van der Waals surface area contributed by atoms with Crippen molar-refractivity contribution in [2.75, 3.05) is 13.3 Å². The first-order valence-electron chi connectivity index (χ1n) is 10.7. The fraction of sp³-hybridized carbons (Fsp3) is 0.619. The largest absolute Gasteiger partial charge is 0.490 e. The van der Waals surface area contributed by atoms with Crippen molar-refractivity contribution in [2.45, 2.75) is 62.9 Å². The second kappa shape index (κ2) is 9.25. The molecule has 1 aromatic heterocycles. The summed E-state index contributed by atoms with van der Waals surface area (Å²) in [5.41, 5.74) is 5.91. The van der Waals surface area contributed by atoms with E-state index in [1.165, 1.54) is 6.07 Å². The Morgan fingerprint density at radius 1 is 1.19 bits per heavy atom. The highest BCUT2D eigenvalue weighted by Gasteiger charge is 2.27. The van der Waals surface area contributed by atoms with Crippen molar-refractivity contribution in [3.05, 3.63) is 17.9 Å². The second-order valence-electron chi connectivity index (χ2n) is 8.25. The van der Waals surface area contributed by atoms with Crippen molar-refractivity contribution in [2.24, 2.45) is 12.8 Å². The zero-order valence-corrected chi connectivity index (χ0v) is 17.5. The Morgan fingerprint density at radius 2 is 1.84 bits per heavy atom. The van der Waals surface area contributed by atoms with Crippen molar-refractivity contribution < 1.29 is 27.8 Å². The summed E-state index contributed by atoms with van der Waals surface area (Å²) in [5.74, 6) is 0.0832. The van der Waals surface area contributed by atoms with Crippen LogP contribution in [0.2, 0.25) is 0 Å². The molecule has 2 saturated carbocycles. The molecule has 3 N–H and O–H groups in total. The molecule has 2 fully saturated rings. The predicted molar refractivity (Wildman–Crippen MR) is 109 cm³/mol. The number of hydrogen-bond donors (Lipinski definition) is 2. The number of urea groups is 1. The van der Waals surface area contributed by atoms with Crippen LogP contribution < -0.4 is 20.5 Å². The molecule has 8 nitrogen and oxygen atoms in total. The fourth-order valence-corrected chi connectivity index (χ4v) is 3.80. The first kappa shape index (κ1) is 21.6. The third kappa shape index (κ3) is 5.36. The molecule has 170 valence electrons. The summed E-state index contributed by atoms with van der Waals surface area (Å²) in [6.07, 6.45) is 5.01. The fourth-order valence-electron chi connectivity index (χ4n) is 3.80. The molecule has 2 aliphatic carbocycles. The van der Waals surface area contributed by atoms with Crippen LogP contribution >= 0.6 is 0 Å². The van der Waals surface area contributed by atoms with E-state index in [1.54, 1.807) is 17.7 Å². The molecule has 0 radical (unpaired) electrons. The summed E-state index contributed by atoms with van der Waals surface area (Å²) >= 11 is 0. The summed E-state index contributed by atoms with van der Waals surface area (Å²) in [4.78, 5) is 15.2. The van der Waals surface area contributed by atoms with Gasteiger partial charge in [0.15, 0.2) is 5.82 Å². The summed E-state index contributed by atoms with van der Waals surface area (Å²) < 4.78 is 46.7. The van der Waals surface area contributed by atoms with Crippen LogP contribution in [0.4, 0.5) is 13.6 Å². The van der Waals surface area contributed by atoms with E-state index in [2.05, 4.69) is 10.3 Å². The topological polar surface area (TPSA) is 101 Å². The molecule has 10 heteroatoms. The average molecular weight is 438 g/mol. The molecule has 2 aromatic rings. The van der Waals surface area contributed by atoms with Crippen LogP contribution in [-0.4, -0.2) is 53.2 Å². The van der Waals surface area contributed by atoms with E-state index in [-0.39, 0.29) is 30.4 Å². The Hall–Kier alpha value is -2.62. The number of primary amides is 1. The Morgan fingerprint density at radius 3 is 2.48 bits per heavy atom. The Labute approximate surface area is 179 Å². The minimum Gasteiger partial charge on any atom is -0.490 e. The van der Waals surface area contributed by atoms with E-state index in [1.807, 2.05) is 0 Å². The number of carbonyl (C=O) groups is 1. The molecular weight excluding hydrogens is 410 g/mol. The lowest BCUT2D eigenvalue weighted by Crippen LogP contribution is -2.43. The Kier molecular flexibility index (Phi) is 6.45. The zero-order chi connectivity index (χ0) is 22.0. The Balaban J connectivity index is 1.32. The highest BCUT2D eigenvalue weighted by molar-refractivity contribution is 5.79. The lowest BCUT2D eigenvalue weighted by Gasteiger charge is -2.29. The molecule has 1 atom stereocenters. The zero-order valence-electron chi connectivity index (χ0n) is 17.5. The van der Waals surface area contributed by atoms with Gasteiger partial charge in [-0.05, 0) is 38.5 Å². The lowest BCUT2D eigenvalue weighted by atomic mass is 9.95. The van der Waals surface area contributed by atoms with Crippen molar-refractivity contribution >= 4 is 17.1 Å². The summed E-state index contributed by atoms with van der Waals surface area (Å²) in [5, 5.41) is 2.32. The number of aryl methyl sites for hydroxylation is 1. The van der Waals surface area contributed by atoms with Crippen LogP contribution in [0.25, 0.3) is 11.0 Å². The third-order valence-electron chi connectivity index (χ3n) is 5.66. The van der Waals surface area contributed by atoms with Gasteiger partial charge in [0.2, 0.25) is 0 Å². The number of aromatic nitrogens is 2. The second-order valence-corrected chi connectivity index (χ2v) is 8.25. The Bertz CT molecular complexity index is 926. The molecule has 31 heavy (non-hydrogen) atoms. The maximum Gasteiger partial charge on any atom is 0.312 e. The number of carbonyl (C=O) groups excluding carboxylic acids is 1. The standard InChI is InChI=1S/C21H28F2N4O4/c1-27-18-9-16(30-14-6-7-14)8-17(23)19(18)26-21(27)31-15-4-2-13(3-5-15)29-11-12(10-22)25-20(24)28/h8-9,12-15H,2-7,10-11H2,1H3,(H3,24,25,28)/t12-,13-,15-/m0/s1. The van der Waals surface area contributed by atoms with Gasteiger partial charge >= 0.3 is 6.03 Å². The number of rotatable bonds is 9. The number of imidazole rings is 1. The minimum atomic E-state index is -0.770. The minimum absolute atomic E-state index is 0.0383. The van der Waals surface area contributed by atoms with Gasteiger partial charge < -0.3 is 25.3 Å². The van der Waals surface area contributed by atoms with Crippen LogP contribution in [0, 0.1) is 5.82 Å². The number of nitrogens with one attached hydrogen (secondary N) is 1. The van der Waals surface area contributed by atoms with Crippen molar-refractivity contribution in [1.82, 2.24) is 14.9 Å². The molecule has 0 spiro atoms. The van der Waals surface area contributed by atoms with Crippen molar-refractivity contribution in [1.29, 1.82) is 0 Å². The summed E-state index contributed by atoms with van der Waals surface area (Å²) in [6, 6.07) is 2.02. The van der Waals surface area contributed by atoms with Crippen LogP contribution in [-0.2, 0) is 11.8 Å². The maximum absolute atomic E-state index is 14.5. The van der Waals surface area contributed by atoms with E-state index < -0.39 is 24.6 Å². The number of alkyl halides is 1. The van der Waals surface area contributed by atoms with Crippen molar-refractivity contribution in [3.8, 4) is 11.8 Å². The third-order valence-corrected chi connectivity index (χ3v) is 5.66. The predicted octanol–water partition coefficient (Wildman–Crippen LogP) is 2.97. The molecule has 0 aliphatic heterocycles. The number of fused-ring (bicyclic) bond motifs is 1. The smallest absolute Gasteiger partial charge is 0.312 e. The van der Waals surface area contributed by atoms with Gasteiger partial charge in [0.05, 0.1) is 30.4 Å². The van der Waals surface area contributed by atoms with E-state index in [9.17, 15) is 13.6 Å². The van der Waals surface area contributed by atoms with Gasteiger partial charge in [0.1, 0.15) is 24.0 Å². The van der Waals surface area contributed by atoms with Crippen LogP contribution in [0.1, 0.15) is 38.5 Å². The summed E-state index contributed by atoms with van der Waals surface area (Å²) in [7, 11) is 1.79. The van der Waals surface area contributed by atoms with Gasteiger partial charge in [-0.15, -0.1) is 0 Å². The molecular formula is C21H28F2N4O4. The molecule has 4 rings (SSSR count). The van der Waals surface area contributed by atoms with Gasteiger partial charge in [-0.3, -0.25) is 4.57 Å². The van der Waals surface area contributed by atoms with Crippen LogP contribution in [0.3, 0.4) is 0 Å². The van der Waals surface area contributed by atoms with Crippen LogP contribution in [0.5, 0.6) is 11.8 Å². The maximum atomic E-state index is 14.5. The molecule has 0 unspecified atom stereocenters. The molecule has 1 aromatic carbocycles. The first-order valence-corrected chi connectivity index (χ1v) is 10.7. The number of ether oxygens (including phenoxy) is 3. The van der Waals surface area contributed by atoms with Gasteiger partial charge in [0, 0.05) is 19.2 Å². The number of benzene rings is 1. The quantitative estimate of drug-likeness (QED) is 0.627. The number of hydrogen-bond acceptors (Lipinski definition) is 5. The molecule has 0 bridgehead atoms. The lowest BCUT2D eigenvalue weighted by molar-refractivity contribution is -0.00926. The molecule has 2 aliphatic rings. The molecule has 0 saturated heterocycles. The van der Waals surface area contributed by atoms with Crippen LogP contribution in [0.15, 0.2) is 12.1 Å². The number of nitrogens with two attached hydrogens (primary N) is 1. The van der Waals surface area contributed by atoms with E-state index >= 15 is 0 Å². The van der Waals surface area contributed by atoms with Gasteiger partial charge in [0.25, 0.3) is 6.01 Å². The average Bonchev–Trinajstić information content (AvgIpc) is 3.50. The molecule has 2 amide bonds. The van der Waals surface area contributed by atoms with Gasteiger partial charge in [-0.25, -0.2) is 13.6 Å². The van der Waals surface area contributed by atoms with Crippen molar-refractivity contribution in [3.63, 3.8) is 0 Å². The highest BCUT2D eigenvalue weighted by Crippen LogP contribution is 2.33. The monoisotopic (exact) mass is 438 g/mol.